The number of aromatic nitrogens is 5. The summed E-state index contributed by atoms with van der Waals surface area (Å²) in [4.78, 5) is 28.8. The van der Waals surface area contributed by atoms with Crippen molar-refractivity contribution in [2.45, 2.75) is 53.5 Å². The van der Waals surface area contributed by atoms with E-state index in [9.17, 15) is 14.7 Å². The molecule has 0 fully saturated rings. The zero-order chi connectivity index (χ0) is 34.9. The van der Waals surface area contributed by atoms with Crippen molar-refractivity contribution >= 4 is 62.6 Å². The number of aromatic amines is 1. The number of ether oxygens (including phenoxy) is 1. The molecule has 1 unspecified atom stereocenters. The fraction of sp³-hybridized carbons (Fsp3) is 0.297. The van der Waals surface area contributed by atoms with Crippen LogP contribution < -0.4 is 9.64 Å². The first-order chi connectivity index (χ1) is 23.4. The van der Waals surface area contributed by atoms with E-state index in [-0.39, 0.29) is 17.5 Å². The molecule has 0 spiro atoms. The smallest absolute Gasteiger partial charge is 0.336 e. The van der Waals surface area contributed by atoms with Gasteiger partial charge in [0, 0.05) is 57.9 Å². The van der Waals surface area contributed by atoms with Gasteiger partial charge in [-0.1, -0.05) is 29.3 Å². The third kappa shape index (κ3) is 5.34. The van der Waals surface area contributed by atoms with Crippen molar-refractivity contribution in [2.75, 3.05) is 18.1 Å². The molecule has 49 heavy (non-hydrogen) atoms. The summed E-state index contributed by atoms with van der Waals surface area (Å²) < 4.78 is 9.91. The Balaban J connectivity index is 1.36. The molecule has 1 aliphatic heterocycles. The van der Waals surface area contributed by atoms with E-state index in [1.54, 1.807) is 28.9 Å². The first-order valence-electron chi connectivity index (χ1n) is 16.1. The Bertz CT molecular complexity index is 2290. The van der Waals surface area contributed by atoms with Gasteiger partial charge in [0.05, 0.1) is 40.1 Å². The Morgan fingerprint density at radius 2 is 1.80 bits per heavy atom. The number of fused-ring (bicyclic) bond motifs is 4. The number of carboxylic acids is 1. The van der Waals surface area contributed by atoms with E-state index in [4.69, 9.17) is 27.9 Å². The van der Waals surface area contributed by atoms with E-state index in [1.807, 2.05) is 58.0 Å². The second-order valence-corrected chi connectivity index (χ2v) is 13.7. The molecule has 0 saturated carbocycles. The molecular weight excluding hydrogens is 663 g/mol. The summed E-state index contributed by atoms with van der Waals surface area (Å²) in [6.45, 7) is 10.6. The molecule has 3 aromatic heterocycles. The first kappa shape index (κ1) is 32.7. The minimum absolute atomic E-state index is 0.0946. The number of nitrogens with zero attached hydrogens (tertiary/aromatic N) is 5. The quantitative estimate of drug-likeness (QED) is 0.154. The van der Waals surface area contributed by atoms with Crippen molar-refractivity contribution in [2.24, 2.45) is 7.05 Å². The molecule has 0 aliphatic carbocycles. The van der Waals surface area contributed by atoms with E-state index in [0.29, 0.717) is 53.3 Å². The lowest BCUT2D eigenvalue weighted by atomic mass is 9.98. The maximum atomic E-state index is 14.8. The Morgan fingerprint density at radius 3 is 2.47 bits per heavy atom. The summed E-state index contributed by atoms with van der Waals surface area (Å²) in [5, 5.41) is 24.7. The van der Waals surface area contributed by atoms with Crippen LogP contribution in [0.25, 0.3) is 32.9 Å². The van der Waals surface area contributed by atoms with Crippen molar-refractivity contribution in [3.8, 4) is 16.9 Å². The van der Waals surface area contributed by atoms with Crippen LogP contribution in [-0.2, 0) is 13.5 Å². The van der Waals surface area contributed by atoms with Crippen LogP contribution in [0.5, 0.6) is 5.75 Å². The molecule has 10 nitrogen and oxygen atoms in total. The number of carboxylic acid groups (broad SMARTS) is 1. The second-order valence-electron chi connectivity index (χ2n) is 12.9. The predicted octanol–water partition coefficient (Wildman–Crippen LogP) is 8.39. The molecule has 0 radical (unpaired) electrons. The molecule has 4 heterocycles. The fourth-order valence-corrected chi connectivity index (χ4v) is 7.66. The van der Waals surface area contributed by atoms with E-state index in [1.165, 1.54) is 0 Å². The highest BCUT2D eigenvalue weighted by atomic mass is 35.5. The van der Waals surface area contributed by atoms with Crippen LogP contribution in [0, 0.1) is 27.7 Å². The number of hydrogen-bond donors (Lipinski definition) is 2. The number of aromatic carboxylic acids is 1. The van der Waals surface area contributed by atoms with Gasteiger partial charge in [-0.2, -0.15) is 10.2 Å². The summed E-state index contributed by atoms with van der Waals surface area (Å²) in [7, 11) is 1.76. The first-order valence-corrected chi connectivity index (χ1v) is 16.9. The summed E-state index contributed by atoms with van der Waals surface area (Å²) >= 11 is 13.4. The number of hydrogen-bond acceptors (Lipinski definition) is 5. The molecule has 1 atom stereocenters. The maximum Gasteiger partial charge on any atom is 0.336 e. The van der Waals surface area contributed by atoms with Crippen LogP contribution in [0.2, 0.25) is 10.0 Å². The molecule has 7 rings (SSSR count). The molecule has 0 bridgehead atoms. The summed E-state index contributed by atoms with van der Waals surface area (Å²) in [5.41, 5.74) is 8.89. The van der Waals surface area contributed by atoms with Gasteiger partial charge in [-0.25, -0.2) is 4.79 Å². The molecule has 1 amide bonds. The number of amides is 1. The van der Waals surface area contributed by atoms with Crippen molar-refractivity contribution in [3.63, 3.8) is 0 Å². The summed E-state index contributed by atoms with van der Waals surface area (Å²) in [6, 6.07) is 11.0. The van der Waals surface area contributed by atoms with Crippen molar-refractivity contribution < 1.29 is 19.4 Å². The highest BCUT2D eigenvalue weighted by molar-refractivity contribution is 6.35. The number of H-pyrrole nitrogens is 1. The highest BCUT2D eigenvalue weighted by Gasteiger charge is 2.37. The largest absolute Gasteiger partial charge is 0.494 e. The van der Waals surface area contributed by atoms with Crippen molar-refractivity contribution in [3.05, 3.63) is 92.0 Å². The van der Waals surface area contributed by atoms with Gasteiger partial charge in [0.2, 0.25) is 0 Å². The molecule has 3 aromatic carbocycles. The standard InChI is InChI=1S/C37H36Cl2N6O4/c1-18-12-24(13-19(2)33(18)39)49-11-7-8-25-26-9-10-29(38)32(31-21(4)41-42-22(31)5)34(26)45-20(3)17-44(36(46)35(25)45)23-14-27(37(47)48)28-16-40-43(6)30(28)15-23/h9-10,12-16,20H,7-8,11,17H2,1-6H3,(H,41,42)(H,47,48). The number of rotatable bonds is 8. The number of carbonyl (C=O) groups is 2. The normalized spacial score (nSPS) is 14.7. The number of carbonyl (C=O) groups excluding carboxylic acids is 1. The molecular formula is C37H36Cl2N6O4. The van der Waals surface area contributed by atoms with Crippen LogP contribution in [0.15, 0.2) is 42.6 Å². The minimum atomic E-state index is -1.08. The average molecular weight is 700 g/mol. The van der Waals surface area contributed by atoms with Crippen LogP contribution in [0.4, 0.5) is 5.69 Å². The van der Waals surface area contributed by atoms with Gasteiger partial charge in [-0.05, 0) is 94.5 Å². The lowest BCUT2D eigenvalue weighted by molar-refractivity contribution is 0.0698. The third-order valence-electron chi connectivity index (χ3n) is 9.58. The highest BCUT2D eigenvalue weighted by Crippen LogP contribution is 2.45. The van der Waals surface area contributed by atoms with E-state index >= 15 is 0 Å². The molecule has 6 aromatic rings. The van der Waals surface area contributed by atoms with Gasteiger partial charge < -0.3 is 19.3 Å². The van der Waals surface area contributed by atoms with E-state index in [0.717, 1.165) is 60.9 Å². The van der Waals surface area contributed by atoms with Gasteiger partial charge in [-0.3, -0.25) is 14.6 Å². The lowest BCUT2D eigenvalue weighted by Crippen LogP contribution is -2.42. The number of benzene rings is 3. The number of anilines is 1. The second kappa shape index (κ2) is 12.3. The Kier molecular flexibility index (Phi) is 8.19. The van der Waals surface area contributed by atoms with Gasteiger partial charge in [0.15, 0.2) is 0 Å². The van der Waals surface area contributed by atoms with Crippen LogP contribution in [0.3, 0.4) is 0 Å². The molecule has 252 valence electrons. The topological polar surface area (TPSA) is 118 Å². The lowest BCUT2D eigenvalue weighted by Gasteiger charge is -2.34. The van der Waals surface area contributed by atoms with Gasteiger partial charge >= 0.3 is 5.97 Å². The van der Waals surface area contributed by atoms with Crippen molar-refractivity contribution in [1.82, 2.24) is 24.5 Å². The van der Waals surface area contributed by atoms with E-state index in [2.05, 4.69) is 26.8 Å². The van der Waals surface area contributed by atoms with E-state index < -0.39 is 5.97 Å². The molecule has 0 saturated heterocycles. The number of nitrogens with one attached hydrogen (secondary N) is 1. The van der Waals surface area contributed by atoms with Crippen LogP contribution >= 0.6 is 23.2 Å². The average Bonchev–Trinajstić information content (AvgIpc) is 3.72. The predicted molar refractivity (Wildman–Crippen MR) is 193 cm³/mol. The van der Waals surface area contributed by atoms with Crippen LogP contribution in [-0.4, -0.2) is 54.7 Å². The maximum absolute atomic E-state index is 14.8. The molecule has 1 aliphatic rings. The van der Waals surface area contributed by atoms with Crippen molar-refractivity contribution in [1.29, 1.82) is 0 Å². The number of aryl methyl sites for hydroxylation is 6. The van der Waals surface area contributed by atoms with Gasteiger partial charge in [0.1, 0.15) is 11.4 Å². The summed E-state index contributed by atoms with van der Waals surface area (Å²) in [5.74, 6) is -0.545. The molecule has 2 N–H and O–H groups in total. The SMILES string of the molecule is Cc1cc(OCCCc2c3n(c4c(-c5c(C)n[nH]c5C)c(Cl)ccc24)C(C)CN(c2cc(C(=O)O)c4cnn(C)c4c2)C3=O)cc(C)c1Cl. The Morgan fingerprint density at radius 1 is 1.06 bits per heavy atom. The Hall–Kier alpha value is -4.80. The minimum Gasteiger partial charge on any atom is -0.494 e. The fourth-order valence-electron chi connectivity index (χ4n) is 7.30. The molecule has 12 heteroatoms. The van der Waals surface area contributed by atoms with Crippen LogP contribution in [0.1, 0.15) is 68.3 Å². The number of halogens is 2. The third-order valence-corrected chi connectivity index (χ3v) is 10.5. The van der Waals surface area contributed by atoms with Gasteiger partial charge in [-0.15, -0.1) is 0 Å². The van der Waals surface area contributed by atoms with Gasteiger partial charge in [0.25, 0.3) is 5.91 Å². The zero-order valence-electron chi connectivity index (χ0n) is 28.1. The Labute approximate surface area is 293 Å². The monoisotopic (exact) mass is 698 g/mol. The summed E-state index contributed by atoms with van der Waals surface area (Å²) in [6.07, 6.45) is 2.74. The zero-order valence-corrected chi connectivity index (χ0v) is 29.6.